The molecule has 18 heavy (non-hydrogen) atoms. The van der Waals surface area contributed by atoms with Crippen molar-refractivity contribution in [2.24, 2.45) is 5.73 Å². The Bertz CT molecular complexity index is 636. The minimum Gasteiger partial charge on any atom is -0.478 e. The molecule has 0 aliphatic heterocycles. The minimum absolute atomic E-state index is 0.0124. The number of amides is 1. The standard InChI is InChI=1S/C11H8ClN3O3/c12-6-1-2-9(7(5-6)11(17)18)15-4-3-8(14-15)10(13)16/h1-5H,(H2,13,16)(H,17,18). The van der Waals surface area contributed by atoms with Crippen LogP contribution in [0.2, 0.25) is 5.02 Å². The van der Waals surface area contributed by atoms with E-state index in [1.807, 2.05) is 0 Å². The summed E-state index contributed by atoms with van der Waals surface area (Å²) in [4.78, 5) is 22.0. The zero-order valence-electron chi connectivity index (χ0n) is 9.00. The van der Waals surface area contributed by atoms with E-state index in [1.165, 1.54) is 35.1 Å². The maximum atomic E-state index is 11.1. The first-order valence-electron chi connectivity index (χ1n) is 4.87. The predicted octanol–water partition coefficient (Wildman–Crippen LogP) is 1.32. The van der Waals surface area contributed by atoms with Gasteiger partial charge < -0.3 is 10.8 Å². The molecule has 92 valence electrons. The van der Waals surface area contributed by atoms with Crippen LogP contribution in [0.3, 0.4) is 0 Å². The normalized spacial score (nSPS) is 10.3. The lowest BCUT2D eigenvalue weighted by atomic mass is 10.2. The molecular weight excluding hydrogens is 258 g/mol. The summed E-state index contributed by atoms with van der Waals surface area (Å²) in [5.74, 6) is -1.82. The molecule has 1 aromatic carbocycles. The van der Waals surface area contributed by atoms with Gasteiger partial charge in [-0.15, -0.1) is 0 Å². The molecule has 0 saturated carbocycles. The second-order valence-corrected chi connectivity index (χ2v) is 3.91. The summed E-state index contributed by atoms with van der Waals surface area (Å²) in [6.07, 6.45) is 1.45. The summed E-state index contributed by atoms with van der Waals surface area (Å²) in [5, 5.41) is 13.3. The molecule has 0 aliphatic rings. The molecule has 0 spiro atoms. The van der Waals surface area contributed by atoms with E-state index in [0.29, 0.717) is 10.7 Å². The topological polar surface area (TPSA) is 98.2 Å². The van der Waals surface area contributed by atoms with Crippen LogP contribution < -0.4 is 5.73 Å². The number of primary amides is 1. The number of carboxylic acid groups (broad SMARTS) is 1. The number of hydrogen-bond donors (Lipinski definition) is 2. The van der Waals surface area contributed by atoms with Gasteiger partial charge in [0.1, 0.15) is 5.69 Å². The third-order valence-electron chi connectivity index (χ3n) is 2.28. The van der Waals surface area contributed by atoms with E-state index in [2.05, 4.69) is 5.10 Å². The van der Waals surface area contributed by atoms with Crippen LogP contribution in [-0.4, -0.2) is 26.8 Å². The largest absolute Gasteiger partial charge is 0.478 e. The molecule has 0 atom stereocenters. The number of halogens is 1. The number of carboxylic acids is 1. The van der Waals surface area contributed by atoms with Gasteiger partial charge in [0.2, 0.25) is 0 Å². The SMILES string of the molecule is NC(=O)c1ccn(-c2ccc(Cl)cc2C(=O)O)n1. The fourth-order valence-electron chi connectivity index (χ4n) is 1.47. The third-order valence-corrected chi connectivity index (χ3v) is 2.51. The Morgan fingerprint density at radius 1 is 1.33 bits per heavy atom. The average molecular weight is 266 g/mol. The molecule has 2 aromatic rings. The van der Waals surface area contributed by atoms with Crippen LogP contribution in [0.15, 0.2) is 30.5 Å². The number of aromatic nitrogens is 2. The molecule has 3 N–H and O–H groups in total. The number of nitrogens with two attached hydrogens (primary N) is 1. The van der Waals surface area contributed by atoms with Gasteiger partial charge in [-0.05, 0) is 24.3 Å². The number of benzene rings is 1. The van der Waals surface area contributed by atoms with Crippen molar-refractivity contribution in [2.45, 2.75) is 0 Å². The van der Waals surface area contributed by atoms with Crippen molar-refractivity contribution < 1.29 is 14.7 Å². The molecule has 0 radical (unpaired) electrons. The van der Waals surface area contributed by atoms with Crippen LogP contribution >= 0.6 is 11.6 Å². The lowest BCUT2D eigenvalue weighted by molar-refractivity contribution is 0.0696. The predicted molar refractivity (Wildman–Crippen MR) is 64.1 cm³/mol. The molecule has 1 aromatic heterocycles. The average Bonchev–Trinajstić information content (AvgIpc) is 2.78. The van der Waals surface area contributed by atoms with E-state index >= 15 is 0 Å². The Labute approximate surface area is 107 Å². The monoisotopic (exact) mass is 265 g/mol. The van der Waals surface area contributed by atoms with Crippen molar-refractivity contribution in [3.8, 4) is 5.69 Å². The molecule has 1 amide bonds. The van der Waals surface area contributed by atoms with Gasteiger partial charge in [0.05, 0.1) is 11.3 Å². The molecule has 0 unspecified atom stereocenters. The number of rotatable bonds is 3. The van der Waals surface area contributed by atoms with Crippen molar-refractivity contribution in [3.05, 3.63) is 46.7 Å². The van der Waals surface area contributed by atoms with Gasteiger partial charge >= 0.3 is 5.97 Å². The van der Waals surface area contributed by atoms with Gasteiger partial charge in [0.25, 0.3) is 5.91 Å². The Hall–Kier alpha value is -2.34. The first-order valence-corrected chi connectivity index (χ1v) is 5.25. The summed E-state index contributed by atoms with van der Waals surface area (Å²) in [5.41, 5.74) is 5.42. The number of hydrogen-bond acceptors (Lipinski definition) is 3. The fourth-order valence-corrected chi connectivity index (χ4v) is 1.64. The summed E-state index contributed by atoms with van der Waals surface area (Å²) in [7, 11) is 0. The van der Waals surface area contributed by atoms with Crippen LogP contribution in [0.5, 0.6) is 0 Å². The zero-order chi connectivity index (χ0) is 13.3. The highest BCUT2D eigenvalue weighted by Crippen LogP contribution is 2.19. The highest BCUT2D eigenvalue weighted by Gasteiger charge is 2.14. The molecular formula is C11H8ClN3O3. The molecule has 0 saturated heterocycles. The fraction of sp³-hybridized carbons (Fsp3) is 0. The van der Waals surface area contributed by atoms with Crippen molar-refractivity contribution in [3.63, 3.8) is 0 Å². The Morgan fingerprint density at radius 3 is 2.61 bits per heavy atom. The Kier molecular flexibility index (Phi) is 3.03. The van der Waals surface area contributed by atoms with Crippen LogP contribution in [0, 0.1) is 0 Å². The van der Waals surface area contributed by atoms with Gasteiger partial charge in [-0.1, -0.05) is 11.6 Å². The first-order chi connectivity index (χ1) is 8.49. The second-order valence-electron chi connectivity index (χ2n) is 3.48. The van der Waals surface area contributed by atoms with Crippen molar-refractivity contribution >= 4 is 23.5 Å². The lowest BCUT2D eigenvalue weighted by Gasteiger charge is -2.06. The number of aromatic carboxylic acids is 1. The van der Waals surface area contributed by atoms with E-state index in [0.717, 1.165) is 0 Å². The van der Waals surface area contributed by atoms with Gasteiger partial charge in [0.15, 0.2) is 0 Å². The van der Waals surface area contributed by atoms with E-state index in [4.69, 9.17) is 22.4 Å². The second kappa shape index (κ2) is 4.50. The lowest BCUT2D eigenvalue weighted by Crippen LogP contribution is -2.13. The maximum Gasteiger partial charge on any atom is 0.337 e. The molecule has 2 rings (SSSR count). The molecule has 7 heteroatoms. The smallest absolute Gasteiger partial charge is 0.337 e. The van der Waals surface area contributed by atoms with Crippen LogP contribution in [0.1, 0.15) is 20.8 Å². The van der Waals surface area contributed by atoms with E-state index in [-0.39, 0.29) is 11.3 Å². The number of nitrogens with zero attached hydrogens (tertiary/aromatic N) is 2. The first kappa shape index (κ1) is 12.1. The highest BCUT2D eigenvalue weighted by atomic mass is 35.5. The Morgan fingerprint density at radius 2 is 2.06 bits per heavy atom. The Balaban J connectivity index is 2.55. The van der Waals surface area contributed by atoms with Gasteiger partial charge in [0, 0.05) is 11.2 Å². The third kappa shape index (κ3) is 2.18. The molecule has 0 bridgehead atoms. The summed E-state index contributed by atoms with van der Waals surface area (Å²) in [6.45, 7) is 0. The molecule has 6 nitrogen and oxygen atoms in total. The summed E-state index contributed by atoms with van der Waals surface area (Å²) >= 11 is 5.74. The number of carbonyl (C=O) groups excluding carboxylic acids is 1. The van der Waals surface area contributed by atoms with E-state index < -0.39 is 11.9 Å². The summed E-state index contributed by atoms with van der Waals surface area (Å²) < 4.78 is 1.26. The maximum absolute atomic E-state index is 11.1. The van der Waals surface area contributed by atoms with Gasteiger partial charge in [-0.2, -0.15) is 5.10 Å². The van der Waals surface area contributed by atoms with Crippen molar-refractivity contribution in [2.75, 3.05) is 0 Å². The highest BCUT2D eigenvalue weighted by molar-refractivity contribution is 6.31. The molecule has 0 aliphatic carbocycles. The van der Waals surface area contributed by atoms with Crippen molar-refractivity contribution in [1.29, 1.82) is 0 Å². The van der Waals surface area contributed by atoms with E-state index in [9.17, 15) is 9.59 Å². The molecule has 0 fully saturated rings. The minimum atomic E-state index is -1.14. The van der Waals surface area contributed by atoms with Crippen LogP contribution in [0.4, 0.5) is 0 Å². The molecule has 1 heterocycles. The van der Waals surface area contributed by atoms with E-state index in [1.54, 1.807) is 0 Å². The quantitative estimate of drug-likeness (QED) is 0.874. The van der Waals surface area contributed by atoms with Crippen molar-refractivity contribution in [1.82, 2.24) is 9.78 Å². The zero-order valence-corrected chi connectivity index (χ0v) is 9.76. The van der Waals surface area contributed by atoms with Gasteiger partial charge in [-0.25, -0.2) is 9.48 Å². The summed E-state index contributed by atoms with van der Waals surface area (Å²) in [6, 6.07) is 5.76. The number of carbonyl (C=O) groups is 2. The van der Waals surface area contributed by atoms with Crippen LogP contribution in [-0.2, 0) is 0 Å². The van der Waals surface area contributed by atoms with Crippen LogP contribution in [0.25, 0.3) is 5.69 Å². The van der Waals surface area contributed by atoms with Gasteiger partial charge in [-0.3, -0.25) is 4.79 Å².